The molecule has 8 heteroatoms. The molecule has 0 atom stereocenters. The highest BCUT2D eigenvalue weighted by atomic mass is 16.5. The highest BCUT2D eigenvalue weighted by molar-refractivity contribution is 6.05. The molecule has 2 N–H and O–H groups in total. The number of carbonyl (C=O) groups is 2. The number of benzene rings is 2. The molecule has 2 amide bonds. The molecular weight excluding hydrogens is 384 g/mol. The number of ether oxygens (including phenoxy) is 1. The summed E-state index contributed by atoms with van der Waals surface area (Å²) in [6.07, 6.45) is 2.94. The Hall–Kier alpha value is -3.81. The summed E-state index contributed by atoms with van der Waals surface area (Å²) < 4.78 is 6.91. The van der Waals surface area contributed by atoms with Crippen molar-refractivity contribution < 1.29 is 14.3 Å². The summed E-state index contributed by atoms with van der Waals surface area (Å²) in [7, 11) is 1.55. The number of aryl methyl sites for hydroxylation is 1. The van der Waals surface area contributed by atoms with Gasteiger partial charge in [0.1, 0.15) is 5.75 Å². The molecule has 154 valence electrons. The van der Waals surface area contributed by atoms with Gasteiger partial charge < -0.3 is 19.9 Å². The Morgan fingerprint density at radius 1 is 1.13 bits per heavy atom. The number of aromatic amines is 1. The van der Waals surface area contributed by atoms with Crippen LogP contribution in [0, 0.1) is 6.92 Å². The number of H-pyrrole nitrogens is 1. The first-order chi connectivity index (χ1) is 14.5. The highest BCUT2D eigenvalue weighted by Gasteiger charge is 2.25. The van der Waals surface area contributed by atoms with Crippen LogP contribution in [0.5, 0.6) is 5.75 Å². The molecule has 2 heterocycles. The third-order valence-electron chi connectivity index (χ3n) is 5.15. The second-order valence-corrected chi connectivity index (χ2v) is 7.11. The predicted octanol–water partition coefficient (Wildman–Crippen LogP) is 2.86. The maximum absolute atomic E-state index is 12.7. The first-order valence-electron chi connectivity index (χ1n) is 9.65. The zero-order valence-corrected chi connectivity index (χ0v) is 16.8. The Morgan fingerprint density at radius 3 is 2.50 bits per heavy atom. The van der Waals surface area contributed by atoms with Crippen molar-refractivity contribution in [2.75, 3.05) is 23.9 Å². The quantitative estimate of drug-likeness (QED) is 0.681. The number of imidazole rings is 1. The van der Waals surface area contributed by atoms with E-state index in [1.54, 1.807) is 60.7 Å². The van der Waals surface area contributed by atoms with Crippen LogP contribution in [0.4, 0.5) is 11.4 Å². The van der Waals surface area contributed by atoms with E-state index in [4.69, 9.17) is 4.74 Å². The van der Waals surface area contributed by atoms with Crippen LogP contribution in [0.25, 0.3) is 5.69 Å². The number of nitrogens with one attached hydrogen (secondary N) is 2. The van der Waals surface area contributed by atoms with E-state index < -0.39 is 0 Å². The predicted molar refractivity (Wildman–Crippen MR) is 114 cm³/mol. The summed E-state index contributed by atoms with van der Waals surface area (Å²) >= 11 is 0. The molecule has 1 fully saturated rings. The lowest BCUT2D eigenvalue weighted by molar-refractivity contribution is -0.117. The maximum Gasteiger partial charge on any atom is 0.330 e. The zero-order valence-electron chi connectivity index (χ0n) is 16.8. The molecule has 1 aromatic heterocycles. The summed E-state index contributed by atoms with van der Waals surface area (Å²) in [6.45, 7) is 2.46. The van der Waals surface area contributed by atoms with Crippen LogP contribution in [0.2, 0.25) is 0 Å². The number of hydrogen-bond acceptors (Lipinski definition) is 4. The average molecular weight is 406 g/mol. The molecule has 0 saturated carbocycles. The molecular formula is C22H22N4O4. The minimum atomic E-state index is -0.288. The van der Waals surface area contributed by atoms with Gasteiger partial charge in [0.2, 0.25) is 5.91 Å². The molecule has 1 aliphatic heterocycles. The summed E-state index contributed by atoms with van der Waals surface area (Å²) in [5, 5.41) is 2.86. The van der Waals surface area contributed by atoms with Gasteiger partial charge >= 0.3 is 5.69 Å². The molecule has 1 aliphatic rings. The van der Waals surface area contributed by atoms with Gasteiger partial charge in [0.05, 0.1) is 18.5 Å². The number of anilines is 2. The van der Waals surface area contributed by atoms with E-state index in [0.717, 1.165) is 12.1 Å². The molecule has 0 bridgehead atoms. The van der Waals surface area contributed by atoms with Crippen molar-refractivity contribution in [1.82, 2.24) is 9.55 Å². The van der Waals surface area contributed by atoms with Crippen LogP contribution >= 0.6 is 0 Å². The van der Waals surface area contributed by atoms with Crippen molar-refractivity contribution in [3.8, 4) is 11.4 Å². The van der Waals surface area contributed by atoms with Gasteiger partial charge in [-0.1, -0.05) is 0 Å². The fourth-order valence-electron chi connectivity index (χ4n) is 3.62. The largest absolute Gasteiger partial charge is 0.495 e. The number of hydrogen-bond donors (Lipinski definition) is 2. The minimum Gasteiger partial charge on any atom is -0.495 e. The van der Waals surface area contributed by atoms with Crippen LogP contribution < -0.4 is 20.6 Å². The van der Waals surface area contributed by atoms with Crippen molar-refractivity contribution in [3.63, 3.8) is 0 Å². The van der Waals surface area contributed by atoms with E-state index in [0.29, 0.717) is 41.3 Å². The molecule has 30 heavy (non-hydrogen) atoms. The van der Waals surface area contributed by atoms with Gasteiger partial charge in [-0.05, 0) is 55.8 Å². The minimum absolute atomic E-state index is 0.0441. The molecule has 4 rings (SSSR count). The lowest BCUT2D eigenvalue weighted by Gasteiger charge is -2.20. The van der Waals surface area contributed by atoms with Gasteiger partial charge in [-0.2, -0.15) is 0 Å². The van der Waals surface area contributed by atoms with Crippen LogP contribution in [-0.4, -0.2) is 35.0 Å². The summed E-state index contributed by atoms with van der Waals surface area (Å²) in [4.78, 5) is 41.1. The molecule has 8 nitrogen and oxygen atoms in total. The Bertz CT molecular complexity index is 1160. The van der Waals surface area contributed by atoms with Crippen molar-refractivity contribution >= 4 is 23.2 Å². The Kier molecular flexibility index (Phi) is 5.14. The number of carbonyl (C=O) groups excluding carboxylic acids is 2. The lowest BCUT2D eigenvalue weighted by atomic mass is 10.1. The number of aromatic nitrogens is 2. The Labute approximate surface area is 173 Å². The SMILES string of the molecule is COc1ccc(NC(=O)c2ccc(-n3c(C)c[nH]c3=O)cc2)cc1N1CCCC1=O. The van der Waals surface area contributed by atoms with Crippen molar-refractivity contribution in [1.29, 1.82) is 0 Å². The fourth-order valence-corrected chi connectivity index (χ4v) is 3.62. The molecule has 0 spiro atoms. The van der Waals surface area contributed by atoms with E-state index in [9.17, 15) is 14.4 Å². The van der Waals surface area contributed by atoms with Gasteiger partial charge in [-0.3, -0.25) is 14.2 Å². The van der Waals surface area contributed by atoms with Gasteiger partial charge in [0.25, 0.3) is 5.91 Å². The maximum atomic E-state index is 12.7. The normalized spacial score (nSPS) is 13.5. The highest BCUT2D eigenvalue weighted by Crippen LogP contribution is 2.34. The van der Waals surface area contributed by atoms with E-state index >= 15 is 0 Å². The average Bonchev–Trinajstić information content (AvgIpc) is 3.32. The smallest absolute Gasteiger partial charge is 0.330 e. The molecule has 2 aromatic carbocycles. The number of rotatable bonds is 5. The topological polar surface area (TPSA) is 96.4 Å². The zero-order chi connectivity index (χ0) is 21.3. The third kappa shape index (κ3) is 3.59. The molecule has 0 radical (unpaired) electrons. The molecule has 3 aromatic rings. The first-order valence-corrected chi connectivity index (χ1v) is 9.65. The van der Waals surface area contributed by atoms with Gasteiger partial charge in [-0.25, -0.2) is 4.79 Å². The monoisotopic (exact) mass is 406 g/mol. The van der Waals surface area contributed by atoms with E-state index in [1.165, 1.54) is 4.57 Å². The first kappa shape index (κ1) is 19.5. The van der Waals surface area contributed by atoms with E-state index in [2.05, 4.69) is 10.3 Å². The Morgan fingerprint density at radius 2 is 1.90 bits per heavy atom. The van der Waals surface area contributed by atoms with E-state index in [1.807, 2.05) is 6.92 Å². The molecule has 0 unspecified atom stereocenters. The Balaban J connectivity index is 1.55. The van der Waals surface area contributed by atoms with Crippen molar-refractivity contribution in [2.24, 2.45) is 0 Å². The van der Waals surface area contributed by atoms with Crippen LogP contribution in [0.1, 0.15) is 28.9 Å². The molecule has 1 saturated heterocycles. The van der Waals surface area contributed by atoms with Gasteiger partial charge in [-0.15, -0.1) is 0 Å². The number of methoxy groups -OCH3 is 1. The lowest BCUT2D eigenvalue weighted by Crippen LogP contribution is -2.24. The third-order valence-corrected chi connectivity index (χ3v) is 5.15. The fraction of sp³-hybridized carbons (Fsp3) is 0.227. The summed E-state index contributed by atoms with van der Waals surface area (Å²) in [5.41, 5.74) is 2.89. The van der Waals surface area contributed by atoms with Crippen LogP contribution in [0.15, 0.2) is 53.5 Å². The standard InChI is InChI=1S/C22H22N4O4/c1-14-13-23-22(29)26(14)17-8-5-15(6-9-17)21(28)24-16-7-10-19(30-2)18(12-16)25-11-3-4-20(25)27/h5-10,12-13H,3-4,11H2,1-2H3,(H,23,29)(H,24,28). The number of nitrogens with zero attached hydrogens (tertiary/aromatic N) is 2. The van der Waals surface area contributed by atoms with Crippen LogP contribution in [-0.2, 0) is 4.79 Å². The summed E-state index contributed by atoms with van der Waals surface area (Å²) in [6, 6.07) is 12.0. The van der Waals surface area contributed by atoms with E-state index in [-0.39, 0.29) is 17.5 Å². The second-order valence-electron chi connectivity index (χ2n) is 7.11. The van der Waals surface area contributed by atoms with Crippen LogP contribution in [0.3, 0.4) is 0 Å². The number of amides is 2. The van der Waals surface area contributed by atoms with Crippen molar-refractivity contribution in [2.45, 2.75) is 19.8 Å². The van der Waals surface area contributed by atoms with Gasteiger partial charge in [0.15, 0.2) is 0 Å². The van der Waals surface area contributed by atoms with Gasteiger partial charge in [0, 0.05) is 36.1 Å². The second kappa shape index (κ2) is 7.90. The van der Waals surface area contributed by atoms with Crippen molar-refractivity contribution in [3.05, 3.63) is 70.4 Å². The molecule has 0 aliphatic carbocycles. The summed E-state index contributed by atoms with van der Waals surface area (Å²) in [5.74, 6) is 0.339.